The number of rotatable bonds is 2. The van der Waals surface area contributed by atoms with Crippen LogP contribution in [0.25, 0.3) is 0 Å². The lowest BCUT2D eigenvalue weighted by atomic mass is 10.2. The van der Waals surface area contributed by atoms with E-state index < -0.39 is 12.0 Å². The molecule has 80 valence electrons. The number of nitrogens with zero attached hydrogens (tertiary/aromatic N) is 1. The Morgan fingerprint density at radius 3 is 2.53 bits per heavy atom. The Labute approximate surface area is 96.1 Å². The van der Waals surface area contributed by atoms with Gasteiger partial charge >= 0.3 is 6.09 Å². The molecule has 0 bridgehead atoms. The molecule has 1 aromatic rings. The average Bonchev–Trinajstić information content (AvgIpc) is 2.26. The van der Waals surface area contributed by atoms with Gasteiger partial charge < -0.3 is 5.11 Å². The summed E-state index contributed by atoms with van der Waals surface area (Å²) in [6.07, 6.45) is -1.28. The number of hydrogen-bond acceptors (Lipinski definition) is 4. The van der Waals surface area contributed by atoms with Crippen LogP contribution in [0.5, 0.6) is 0 Å². The highest BCUT2D eigenvalue weighted by atomic mass is 33.1. The van der Waals surface area contributed by atoms with Crippen molar-refractivity contribution in [2.45, 2.75) is 4.90 Å². The Bertz CT molecular complexity index is 395. The molecule has 0 aliphatic carbocycles. The van der Waals surface area contributed by atoms with E-state index in [4.69, 9.17) is 5.11 Å². The maximum absolute atomic E-state index is 11.7. The van der Waals surface area contributed by atoms with Crippen LogP contribution >= 0.6 is 22.5 Å². The van der Waals surface area contributed by atoms with Crippen molar-refractivity contribution in [2.24, 2.45) is 0 Å². The summed E-state index contributed by atoms with van der Waals surface area (Å²) >= 11 is 3.99. The van der Waals surface area contributed by atoms with Gasteiger partial charge in [-0.25, -0.2) is 9.69 Å². The lowest BCUT2D eigenvalue weighted by Gasteiger charge is -2.12. The fourth-order valence-electron chi connectivity index (χ4n) is 0.990. The predicted molar refractivity (Wildman–Crippen MR) is 61.4 cm³/mol. The highest BCUT2D eigenvalue weighted by Gasteiger charge is 2.19. The van der Waals surface area contributed by atoms with Gasteiger partial charge in [0.15, 0.2) is 0 Å². The number of carboxylic acid groups (broad SMARTS) is 1. The van der Waals surface area contributed by atoms with Gasteiger partial charge in [-0.15, -0.1) is 11.7 Å². The second kappa shape index (κ2) is 5.09. The normalized spacial score (nSPS) is 9.73. The van der Waals surface area contributed by atoms with Gasteiger partial charge in [0.1, 0.15) is 0 Å². The number of thiol groups is 1. The molecule has 1 rings (SSSR count). The number of carbonyl (C=O) groups is 2. The van der Waals surface area contributed by atoms with Crippen molar-refractivity contribution in [1.29, 1.82) is 0 Å². The smallest absolute Gasteiger partial charge is 0.414 e. The number of carbonyl (C=O) groups excluding carboxylic acids is 1. The van der Waals surface area contributed by atoms with Crippen LogP contribution in [0.15, 0.2) is 29.2 Å². The fourth-order valence-corrected chi connectivity index (χ4v) is 1.86. The first-order valence-electron chi connectivity index (χ1n) is 3.99. The lowest BCUT2D eigenvalue weighted by Crippen LogP contribution is -2.31. The highest BCUT2D eigenvalue weighted by Crippen LogP contribution is 2.26. The summed E-state index contributed by atoms with van der Waals surface area (Å²) in [7, 11) is 2.32. The molecule has 0 aliphatic rings. The SMILES string of the molecule is CN(C(=O)O)C(=O)c1ccccc1SS. The second-order valence-corrected chi connectivity index (χ2v) is 3.90. The summed E-state index contributed by atoms with van der Waals surface area (Å²) in [6.45, 7) is 0. The zero-order valence-corrected chi connectivity index (χ0v) is 9.59. The number of hydrogen-bond donors (Lipinski definition) is 2. The third-order valence-corrected chi connectivity index (χ3v) is 2.95. The van der Waals surface area contributed by atoms with Gasteiger partial charge in [-0.05, 0) is 12.1 Å². The van der Waals surface area contributed by atoms with E-state index in [0.29, 0.717) is 15.4 Å². The van der Waals surface area contributed by atoms with Crippen molar-refractivity contribution in [3.05, 3.63) is 29.8 Å². The van der Waals surface area contributed by atoms with Crippen LogP contribution in [0, 0.1) is 0 Å². The first-order chi connectivity index (χ1) is 7.07. The molecule has 0 saturated carbocycles. The monoisotopic (exact) mass is 243 g/mol. The van der Waals surface area contributed by atoms with Gasteiger partial charge in [0, 0.05) is 11.9 Å². The van der Waals surface area contributed by atoms with E-state index in [9.17, 15) is 9.59 Å². The van der Waals surface area contributed by atoms with Crippen molar-refractivity contribution < 1.29 is 14.7 Å². The Hall–Kier alpha value is -1.14. The summed E-state index contributed by atoms with van der Waals surface area (Å²) in [5.41, 5.74) is 0.336. The molecule has 0 atom stereocenters. The molecule has 4 nitrogen and oxygen atoms in total. The van der Waals surface area contributed by atoms with Crippen molar-refractivity contribution in [2.75, 3.05) is 7.05 Å². The van der Waals surface area contributed by atoms with Crippen molar-refractivity contribution in [3.8, 4) is 0 Å². The minimum absolute atomic E-state index is 0.336. The molecular weight excluding hydrogens is 234 g/mol. The molecule has 0 unspecified atom stereocenters. The maximum atomic E-state index is 11.7. The van der Waals surface area contributed by atoms with Gasteiger partial charge in [0.2, 0.25) is 0 Å². The van der Waals surface area contributed by atoms with Gasteiger partial charge in [-0.1, -0.05) is 22.9 Å². The molecule has 0 heterocycles. The van der Waals surface area contributed by atoms with Crippen LogP contribution < -0.4 is 0 Å². The molecule has 0 spiro atoms. The number of amides is 2. The lowest BCUT2D eigenvalue weighted by molar-refractivity contribution is 0.0778. The molecule has 0 fully saturated rings. The Balaban J connectivity index is 3.05. The van der Waals surface area contributed by atoms with Crippen molar-refractivity contribution in [1.82, 2.24) is 4.90 Å². The van der Waals surface area contributed by atoms with Crippen LogP contribution in [0.2, 0.25) is 0 Å². The van der Waals surface area contributed by atoms with Gasteiger partial charge in [-0.3, -0.25) is 4.79 Å². The molecule has 2 amide bonds. The molecular formula is C9H9NO3S2. The van der Waals surface area contributed by atoms with Crippen LogP contribution in [-0.2, 0) is 0 Å². The third kappa shape index (κ3) is 2.66. The molecule has 15 heavy (non-hydrogen) atoms. The Morgan fingerprint density at radius 1 is 1.40 bits per heavy atom. The summed E-state index contributed by atoms with van der Waals surface area (Å²) in [5, 5.41) is 8.66. The largest absolute Gasteiger partial charge is 0.465 e. The van der Waals surface area contributed by atoms with Crippen molar-refractivity contribution in [3.63, 3.8) is 0 Å². The molecule has 0 aromatic heterocycles. The van der Waals surface area contributed by atoms with E-state index in [0.717, 1.165) is 10.8 Å². The zero-order chi connectivity index (χ0) is 11.4. The Morgan fingerprint density at radius 2 is 2.00 bits per heavy atom. The third-order valence-electron chi connectivity index (χ3n) is 1.81. The standard InChI is InChI=1S/C9H9NO3S2/c1-10(9(12)13)8(11)6-4-2-3-5-7(6)15-14/h2-5,14H,1H3,(H,12,13). The van der Waals surface area contributed by atoms with E-state index in [1.165, 1.54) is 7.05 Å². The zero-order valence-electron chi connectivity index (χ0n) is 7.88. The van der Waals surface area contributed by atoms with Gasteiger partial charge in [0.05, 0.1) is 5.56 Å². The predicted octanol–water partition coefficient (Wildman–Crippen LogP) is 2.37. The summed E-state index contributed by atoms with van der Waals surface area (Å²) < 4.78 is 0. The van der Waals surface area contributed by atoms with Crippen LogP contribution in [-0.4, -0.2) is 29.1 Å². The van der Waals surface area contributed by atoms with Crippen LogP contribution in [0.3, 0.4) is 0 Å². The fraction of sp³-hybridized carbons (Fsp3) is 0.111. The van der Waals surface area contributed by atoms with Crippen LogP contribution in [0.1, 0.15) is 10.4 Å². The summed E-state index contributed by atoms with van der Waals surface area (Å²) in [5.74, 6) is -0.556. The minimum Gasteiger partial charge on any atom is -0.465 e. The topological polar surface area (TPSA) is 57.6 Å². The van der Waals surface area contributed by atoms with E-state index in [2.05, 4.69) is 11.7 Å². The maximum Gasteiger partial charge on any atom is 0.414 e. The molecule has 0 radical (unpaired) electrons. The molecule has 6 heteroatoms. The minimum atomic E-state index is -1.28. The Kier molecular flexibility index (Phi) is 4.05. The molecule has 0 saturated heterocycles. The molecule has 1 aromatic carbocycles. The first-order valence-corrected chi connectivity index (χ1v) is 5.86. The highest BCUT2D eigenvalue weighted by molar-refractivity contribution is 8.68. The van der Waals surface area contributed by atoms with Gasteiger partial charge in [0.25, 0.3) is 5.91 Å². The average molecular weight is 243 g/mol. The molecule has 0 aliphatic heterocycles. The first kappa shape index (κ1) is 11.9. The summed E-state index contributed by atoms with van der Waals surface area (Å²) in [6, 6.07) is 6.72. The van der Waals surface area contributed by atoms with Crippen LogP contribution in [0.4, 0.5) is 4.79 Å². The second-order valence-electron chi connectivity index (χ2n) is 2.73. The van der Waals surface area contributed by atoms with E-state index in [1.54, 1.807) is 24.3 Å². The quantitative estimate of drug-likeness (QED) is 0.618. The van der Waals surface area contributed by atoms with E-state index in [1.807, 2.05) is 0 Å². The molecule has 1 N–H and O–H groups in total. The van der Waals surface area contributed by atoms with Gasteiger partial charge in [-0.2, -0.15) is 0 Å². The van der Waals surface area contributed by atoms with E-state index >= 15 is 0 Å². The number of benzene rings is 1. The number of imide groups is 1. The summed E-state index contributed by atoms with van der Waals surface area (Å²) in [4.78, 5) is 23.5. The van der Waals surface area contributed by atoms with Crippen molar-refractivity contribution >= 4 is 34.5 Å². The van der Waals surface area contributed by atoms with E-state index in [-0.39, 0.29) is 0 Å².